The molecule has 0 radical (unpaired) electrons. The minimum absolute atomic E-state index is 0.0529. The molecular weight excluding hydrogens is 297 g/mol. The summed E-state index contributed by atoms with van der Waals surface area (Å²) in [7, 11) is 0. The highest BCUT2D eigenvalue weighted by Gasteiger charge is 2.11. The summed E-state index contributed by atoms with van der Waals surface area (Å²) in [5.41, 5.74) is 7.07. The predicted molar refractivity (Wildman–Crippen MR) is 81.3 cm³/mol. The lowest BCUT2D eigenvalue weighted by molar-refractivity contribution is 0.0995. The molecule has 3 N–H and O–H groups in total. The first-order valence-corrected chi connectivity index (χ1v) is 6.70. The van der Waals surface area contributed by atoms with E-state index in [4.69, 9.17) is 28.9 Å². The quantitative estimate of drug-likeness (QED) is 0.905. The van der Waals surface area contributed by atoms with Crippen molar-refractivity contribution in [3.8, 4) is 0 Å². The molecule has 20 heavy (non-hydrogen) atoms. The minimum Gasteiger partial charge on any atom is -0.378 e. The Balaban J connectivity index is 2.21. The molecule has 0 spiro atoms. The number of carbonyl (C=O) groups excluding carboxylic acids is 1. The molecule has 1 amide bonds. The summed E-state index contributed by atoms with van der Waals surface area (Å²) in [6, 6.07) is 8.64. The first kappa shape index (κ1) is 14.6. The van der Waals surface area contributed by atoms with Crippen LogP contribution in [0.2, 0.25) is 10.0 Å². The number of carbonyl (C=O) groups is 1. The van der Waals surface area contributed by atoms with Crippen LogP contribution in [-0.2, 0) is 0 Å². The van der Waals surface area contributed by atoms with Crippen molar-refractivity contribution in [1.82, 2.24) is 4.98 Å². The average molecular weight is 310 g/mol. The van der Waals surface area contributed by atoms with E-state index in [1.165, 1.54) is 6.20 Å². The smallest absolute Gasteiger partial charge is 0.267 e. The van der Waals surface area contributed by atoms with E-state index in [1.807, 2.05) is 13.0 Å². The number of hydrogen-bond donors (Lipinski definition) is 2. The molecule has 1 aromatic carbocycles. The number of nitrogens with two attached hydrogens (primary N) is 1. The number of nitrogens with one attached hydrogen (secondary N) is 1. The summed E-state index contributed by atoms with van der Waals surface area (Å²) in [5, 5.41) is 4.41. The summed E-state index contributed by atoms with van der Waals surface area (Å²) >= 11 is 12.0. The molecule has 104 valence electrons. The number of nitrogens with zero attached hydrogens (tertiary/aromatic N) is 1. The van der Waals surface area contributed by atoms with E-state index >= 15 is 0 Å². The summed E-state index contributed by atoms with van der Waals surface area (Å²) in [6.45, 7) is 1.96. The Morgan fingerprint density at radius 2 is 2.05 bits per heavy atom. The van der Waals surface area contributed by atoms with Gasteiger partial charge in [0.2, 0.25) is 0 Å². The second-order valence-corrected chi connectivity index (χ2v) is 5.17. The summed E-state index contributed by atoms with van der Waals surface area (Å²) < 4.78 is 0. The largest absolute Gasteiger partial charge is 0.378 e. The van der Waals surface area contributed by atoms with Crippen LogP contribution in [0.15, 0.2) is 36.5 Å². The number of amides is 1. The fourth-order valence-electron chi connectivity index (χ4n) is 1.84. The molecule has 0 fully saturated rings. The Morgan fingerprint density at radius 3 is 2.70 bits per heavy atom. The SMILES string of the molecule is CC(Nc1ccnc(C(N)=O)c1)c1ccc(Cl)cc1Cl. The van der Waals surface area contributed by atoms with Crippen molar-refractivity contribution in [2.24, 2.45) is 5.73 Å². The van der Waals surface area contributed by atoms with Crippen LogP contribution in [0.5, 0.6) is 0 Å². The van der Waals surface area contributed by atoms with E-state index in [1.54, 1.807) is 24.3 Å². The molecule has 0 saturated carbocycles. The lowest BCUT2D eigenvalue weighted by Gasteiger charge is -2.17. The fourth-order valence-corrected chi connectivity index (χ4v) is 2.41. The number of halogens is 2. The third-order valence-electron chi connectivity index (χ3n) is 2.82. The van der Waals surface area contributed by atoms with E-state index in [9.17, 15) is 4.79 Å². The summed E-state index contributed by atoms with van der Waals surface area (Å²) in [4.78, 5) is 15.0. The van der Waals surface area contributed by atoms with Crippen LogP contribution in [0.4, 0.5) is 5.69 Å². The zero-order valence-electron chi connectivity index (χ0n) is 10.7. The van der Waals surface area contributed by atoms with Gasteiger partial charge in [-0.15, -0.1) is 0 Å². The molecule has 0 aliphatic carbocycles. The first-order valence-electron chi connectivity index (χ1n) is 5.94. The minimum atomic E-state index is -0.564. The van der Waals surface area contributed by atoms with Crippen molar-refractivity contribution in [3.05, 3.63) is 57.8 Å². The maximum atomic E-state index is 11.1. The van der Waals surface area contributed by atoms with E-state index < -0.39 is 5.91 Å². The highest BCUT2D eigenvalue weighted by atomic mass is 35.5. The van der Waals surface area contributed by atoms with Gasteiger partial charge in [-0.2, -0.15) is 0 Å². The van der Waals surface area contributed by atoms with Crippen LogP contribution in [0.25, 0.3) is 0 Å². The van der Waals surface area contributed by atoms with Gasteiger partial charge in [0.05, 0.1) is 0 Å². The number of benzene rings is 1. The molecule has 1 heterocycles. The Bertz CT molecular complexity index is 646. The number of anilines is 1. The zero-order valence-corrected chi connectivity index (χ0v) is 12.2. The average Bonchev–Trinajstić information content (AvgIpc) is 2.38. The van der Waals surface area contributed by atoms with Crippen LogP contribution in [0, 0.1) is 0 Å². The highest BCUT2D eigenvalue weighted by molar-refractivity contribution is 6.35. The molecule has 0 aliphatic heterocycles. The fraction of sp³-hybridized carbons (Fsp3) is 0.143. The topological polar surface area (TPSA) is 68.0 Å². The number of aromatic nitrogens is 1. The number of rotatable bonds is 4. The molecule has 1 atom stereocenters. The van der Waals surface area contributed by atoms with Gasteiger partial charge in [-0.25, -0.2) is 0 Å². The van der Waals surface area contributed by atoms with Crippen molar-refractivity contribution in [2.45, 2.75) is 13.0 Å². The van der Waals surface area contributed by atoms with Crippen LogP contribution < -0.4 is 11.1 Å². The van der Waals surface area contributed by atoms with Gasteiger partial charge >= 0.3 is 0 Å². The molecular formula is C14H13Cl2N3O. The monoisotopic (exact) mass is 309 g/mol. The molecule has 1 unspecified atom stereocenters. The van der Waals surface area contributed by atoms with Crippen molar-refractivity contribution < 1.29 is 4.79 Å². The maximum absolute atomic E-state index is 11.1. The molecule has 6 heteroatoms. The Kier molecular flexibility index (Phi) is 4.47. The Morgan fingerprint density at radius 1 is 1.30 bits per heavy atom. The van der Waals surface area contributed by atoms with E-state index in [0.717, 1.165) is 11.3 Å². The van der Waals surface area contributed by atoms with E-state index in [0.29, 0.717) is 10.0 Å². The van der Waals surface area contributed by atoms with Gasteiger partial charge in [-0.1, -0.05) is 29.3 Å². The standard InChI is InChI=1S/C14H13Cl2N3O/c1-8(11-3-2-9(15)6-12(11)16)19-10-4-5-18-13(7-10)14(17)20/h2-8H,1H3,(H2,17,20)(H,18,19). The summed E-state index contributed by atoms with van der Waals surface area (Å²) in [5.74, 6) is -0.564. The lowest BCUT2D eigenvalue weighted by atomic mass is 10.1. The van der Waals surface area contributed by atoms with Gasteiger partial charge in [-0.3, -0.25) is 9.78 Å². The third-order valence-corrected chi connectivity index (χ3v) is 3.39. The summed E-state index contributed by atoms with van der Waals surface area (Å²) in [6.07, 6.45) is 1.53. The molecule has 2 aromatic rings. The second kappa shape index (κ2) is 6.11. The van der Waals surface area contributed by atoms with Crippen molar-refractivity contribution in [1.29, 1.82) is 0 Å². The van der Waals surface area contributed by atoms with Crippen LogP contribution in [0.3, 0.4) is 0 Å². The zero-order chi connectivity index (χ0) is 14.7. The van der Waals surface area contributed by atoms with E-state index in [-0.39, 0.29) is 11.7 Å². The maximum Gasteiger partial charge on any atom is 0.267 e. The van der Waals surface area contributed by atoms with Crippen molar-refractivity contribution >= 4 is 34.8 Å². The van der Waals surface area contributed by atoms with Crippen LogP contribution in [0.1, 0.15) is 29.0 Å². The van der Waals surface area contributed by atoms with Gasteiger partial charge in [0, 0.05) is 28.0 Å². The molecule has 0 bridgehead atoms. The molecule has 1 aromatic heterocycles. The van der Waals surface area contributed by atoms with Crippen molar-refractivity contribution in [3.63, 3.8) is 0 Å². The van der Waals surface area contributed by atoms with Crippen molar-refractivity contribution in [2.75, 3.05) is 5.32 Å². The number of hydrogen-bond acceptors (Lipinski definition) is 3. The van der Waals surface area contributed by atoms with Crippen LogP contribution >= 0.6 is 23.2 Å². The Hall–Kier alpha value is -1.78. The predicted octanol–water partition coefficient (Wildman–Crippen LogP) is 3.66. The first-order chi connectivity index (χ1) is 9.47. The molecule has 0 aliphatic rings. The number of primary amides is 1. The highest BCUT2D eigenvalue weighted by Crippen LogP contribution is 2.28. The molecule has 0 saturated heterocycles. The van der Waals surface area contributed by atoms with Gasteiger partial charge in [0.1, 0.15) is 5.69 Å². The van der Waals surface area contributed by atoms with Crippen LogP contribution in [-0.4, -0.2) is 10.9 Å². The van der Waals surface area contributed by atoms with Gasteiger partial charge in [-0.05, 0) is 36.8 Å². The normalized spacial score (nSPS) is 11.9. The van der Waals surface area contributed by atoms with Gasteiger partial charge < -0.3 is 11.1 Å². The second-order valence-electron chi connectivity index (χ2n) is 4.33. The molecule has 4 nitrogen and oxygen atoms in total. The lowest BCUT2D eigenvalue weighted by Crippen LogP contribution is -2.14. The van der Waals surface area contributed by atoms with Gasteiger partial charge in [0.25, 0.3) is 5.91 Å². The number of pyridine rings is 1. The third kappa shape index (κ3) is 3.40. The molecule has 2 rings (SSSR count). The Labute approximate surface area is 126 Å². The van der Waals surface area contributed by atoms with E-state index in [2.05, 4.69) is 10.3 Å². The van der Waals surface area contributed by atoms with Gasteiger partial charge in [0.15, 0.2) is 0 Å².